The van der Waals surface area contributed by atoms with Crippen molar-refractivity contribution in [2.24, 2.45) is 28.5 Å². The minimum absolute atomic E-state index is 0.00260. The molecular formula is C35H35F4N4O9P. The summed E-state index contributed by atoms with van der Waals surface area (Å²) in [5.74, 6) is -7.96. The molecule has 1 heterocycles. The van der Waals surface area contributed by atoms with Gasteiger partial charge in [-0.3, -0.25) is 23.8 Å². The van der Waals surface area contributed by atoms with E-state index >= 15 is 4.39 Å². The number of esters is 1. The fourth-order valence-electron chi connectivity index (χ4n) is 5.91. The number of ether oxygens (including phenoxy) is 1. The molecule has 2 aliphatic rings. The van der Waals surface area contributed by atoms with E-state index in [-0.39, 0.29) is 34.9 Å². The molecule has 0 radical (unpaired) electrons. The van der Waals surface area contributed by atoms with Crippen LogP contribution in [0.2, 0.25) is 0 Å². The van der Waals surface area contributed by atoms with Crippen LogP contribution < -0.4 is 16.0 Å². The lowest BCUT2D eigenvalue weighted by Gasteiger charge is -2.28. The number of anilines is 1. The third-order valence-electron chi connectivity index (χ3n) is 8.72. The lowest BCUT2D eigenvalue weighted by Crippen LogP contribution is -2.51. The molecule has 282 valence electrons. The predicted molar refractivity (Wildman–Crippen MR) is 180 cm³/mol. The minimum atomic E-state index is -4.76. The second-order valence-electron chi connectivity index (χ2n) is 12.6. The highest BCUT2D eigenvalue weighted by atomic mass is 31.2. The Hall–Kier alpha value is -4.96. The number of aliphatic imine (C=N–C) groups is 1. The molecule has 3 aromatic rings. The maximum Gasteiger partial charge on any atom is 0.469 e. The number of rotatable bonds is 15. The van der Waals surface area contributed by atoms with E-state index in [9.17, 15) is 36.9 Å². The average molecular weight is 763 g/mol. The quantitative estimate of drug-likeness (QED) is 0.0961. The van der Waals surface area contributed by atoms with E-state index in [0.717, 1.165) is 23.8 Å². The molecule has 18 heteroatoms. The number of carbonyl (C=O) groups is 4. The molecule has 13 nitrogen and oxygen atoms in total. The normalized spacial score (nSPS) is 17.2. The Morgan fingerprint density at radius 1 is 1.00 bits per heavy atom. The molecule has 0 saturated heterocycles. The van der Waals surface area contributed by atoms with Gasteiger partial charge >= 0.3 is 20.0 Å². The summed E-state index contributed by atoms with van der Waals surface area (Å²) >= 11 is 0. The van der Waals surface area contributed by atoms with Crippen molar-refractivity contribution in [1.82, 2.24) is 5.32 Å². The lowest BCUT2D eigenvalue weighted by atomic mass is 9.83. The molecule has 3 amide bonds. The molecule has 1 saturated carbocycles. The van der Waals surface area contributed by atoms with Crippen molar-refractivity contribution in [2.45, 2.75) is 51.1 Å². The first-order valence-electron chi connectivity index (χ1n) is 16.4. The monoisotopic (exact) mass is 762 g/mol. The number of nitrogens with one attached hydrogen (secondary N) is 1. The number of benzodiazepines with no additional fused rings is 1. The summed E-state index contributed by atoms with van der Waals surface area (Å²) in [5, 5.41) is 2.38. The molecule has 0 spiro atoms. The number of alkyl halides is 3. The number of hydrogen-bond acceptors (Lipinski definition) is 8. The summed E-state index contributed by atoms with van der Waals surface area (Å²) in [6, 6.07) is 17.2. The number of phosphoric acid groups is 1. The second kappa shape index (κ2) is 16.4. The molecule has 3 aromatic carbocycles. The Morgan fingerprint density at radius 2 is 1.68 bits per heavy atom. The smallest absolute Gasteiger partial charge is 0.440 e. The molecule has 1 fully saturated rings. The van der Waals surface area contributed by atoms with E-state index in [2.05, 4.69) is 14.8 Å². The van der Waals surface area contributed by atoms with E-state index < -0.39 is 87.7 Å². The summed E-state index contributed by atoms with van der Waals surface area (Å²) < 4.78 is 76.8. The highest BCUT2D eigenvalue weighted by Crippen LogP contribution is 2.40. The molecule has 1 aliphatic heterocycles. The predicted octanol–water partition coefficient (Wildman–Crippen LogP) is 4.74. The first kappa shape index (κ1) is 39.3. The van der Waals surface area contributed by atoms with Crippen molar-refractivity contribution < 1.29 is 60.4 Å². The van der Waals surface area contributed by atoms with Crippen LogP contribution in [0.3, 0.4) is 0 Å². The molecule has 5 rings (SSSR count). The van der Waals surface area contributed by atoms with Crippen molar-refractivity contribution in [3.8, 4) is 0 Å². The number of amides is 3. The third kappa shape index (κ3) is 10.6. The third-order valence-corrected chi connectivity index (χ3v) is 9.19. The van der Waals surface area contributed by atoms with Crippen LogP contribution in [0.25, 0.3) is 0 Å². The summed E-state index contributed by atoms with van der Waals surface area (Å²) in [7, 11) is -4.76. The molecule has 1 aliphatic carbocycles. The molecule has 0 bridgehead atoms. The van der Waals surface area contributed by atoms with E-state index in [0.29, 0.717) is 11.1 Å². The number of nitrogens with zero attached hydrogens (tertiary/aromatic N) is 2. The number of benzene rings is 3. The van der Waals surface area contributed by atoms with Crippen LogP contribution in [-0.2, 0) is 34.8 Å². The van der Waals surface area contributed by atoms with Crippen molar-refractivity contribution in [3.63, 3.8) is 0 Å². The molecule has 5 N–H and O–H groups in total. The molecule has 0 aromatic heterocycles. The van der Waals surface area contributed by atoms with Crippen LogP contribution in [0.15, 0.2) is 77.8 Å². The largest absolute Gasteiger partial charge is 0.469 e. The maximum absolute atomic E-state index is 15.8. The van der Waals surface area contributed by atoms with Crippen molar-refractivity contribution in [1.29, 1.82) is 0 Å². The summed E-state index contributed by atoms with van der Waals surface area (Å²) in [6.45, 7) is -1.38. The Kier molecular flexibility index (Phi) is 12.1. The first-order chi connectivity index (χ1) is 25.0. The van der Waals surface area contributed by atoms with E-state index in [4.69, 9.17) is 20.3 Å². The van der Waals surface area contributed by atoms with E-state index in [1.807, 2.05) is 0 Å². The van der Waals surface area contributed by atoms with Crippen LogP contribution >= 0.6 is 7.82 Å². The van der Waals surface area contributed by atoms with Gasteiger partial charge in [0.1, 0.15) is 5.82 Å². The van der Waals surface area contributed by atoms with Gasteiger partial charge in [0.05, 0.1) is 23.6 Å². The highest BCUT2D eigenvalue weighted by Gasteiger charge is 2.42. The van der Waals surface area contributed by atoms with E-state index in [1.165, 1.54) is 36.4 Å². The number of para-hydroxylation sites is 1. The van der Waals surface area contributed by atoms with E-state index in [1.54, 1.807) is 30.3 Å². The minimum Gasteiger partial charge on any atom is -0.440 e. The Labute approximate surface area is 300 Å². The topological polar surface area (TPSA) is 198 Å². The number of carbonyl (C=O) groups excluding carboxylic acids is 4. The molecule has 0 unspecified atom stereocenters. The molecule has 3 atom stereocenters. The molecule has 53 heavy (non-hydrogen) atoms. The van der Waals surface area contributed by atoms with Gasteiger partial charge in [0.15, 0.2) is 6.73 Å². The fraction of sp³-hybridized carbons (Fsp3) is 0.343. The average Bonchev–Trinajstić information content (AvgIpc) is 3.94. The first-order valence-corrected chi connectivity index (χ1v) is 17.9. The Balaban J connectivity index is 1.48. The zero-order valence-corrected chi connectivity index (χ0v) is 28.8. The number of fused-ring (bicyclic) bond motifs is 1. The van der Waals surface area contributed by atoms with Gasteiger partial charge in [0.2, 0.25) is 18.0 Å². The summed E-state index contributed by atoms with van der Waals surface area (Å²) in [4.78, 5) is 76.8. The molecular weight excluding hydrogens is 727 g/mol. The SMILES string of the molecule is NC(=O)[C@@H](CC1CC1)[C@@H](CCC(F)(F)F)C(=O)N[C@H]1N=C(c2ccccc2)c2cccc(F)c2N(COC(=O)c2ccc(COP(=O)(O)O)cc2)C1=O. The number of phosphoric ester groups is 1. The van der Waals surface area contributed by atoms with Gasteiger partial charge < -0.3 is 25.6 Å². The van der Waals surface area contributed by atoms with Crippen LogP contribution in [0.1, 0.15) is 59.2 Å². The second-order valence-corrected chi connectivity index (χ2v) is 13.9. The van der Waals surface area contributed by atoms with Gasteiger partial charge in [0.25, 0.3) is 5.91 Å². The number of nitrogens with two attached hydrogens (primary N) is 1. The zero-order valence-electron chi connectivity index (χ0n) is 27.9. The fourth-order valence-corrected chi connectivity index (χ4v) is 6.23. The summed E-state index contributed by atoms with van der Waals surface area (Å²) in [5.41, 5.74) is 5.93. The van der Waals surface area contributed by atoms with Crippen molar-refractivity contribution in [2.75, 3.05) is 11.6 Å². The highest BCUT2D eigenvalue weighted by molar-refractivity contribution is 7.46. The van der Waals surface area contributed by atoms with Gasteiger partial charge in [0, 0.05) is 29.4 Å². The van der Waals surface area contributed by atoms with Gasteiger partial charge in [-0.15, -0.1) is 0 Å². The van der Waals surface area contributed by atoms with Gasteiger partial charge in [-0.2, -0.15) is 13.2 Å². The van der Waals surface area contributed by atoms with Gasteiger partial charge in [-0.25, -0.2) is 18.7 Å². The van der Waals surface area contributed by atoms with Gasteiger partial charge in [-0.1, -0.05) is 67.4 Å². The number of hydrogen-bond donors (Lipinski definition) is 4. The Morgan fingerprint density at radius 3 is 2.28 bits per heavy atom. The lowest BCUT2D eigenvalue weighted by molar-refractivity contribution is -0.146. The number of primary amides is 1. The van der Waals surface area contributed by atoms with Crippen LogP contribution in [0.4, 0.5) is 23.2 Å². The van der Waals surface area contributed by atoms with Gasteiger partial charge in [-0.05, 0) is 42.5 Å². The number of halogens is 4. The standard InChI is InChI=1S/C35H35F4N4O9P/c36-27-8-4-7-25-28(22-5-2-1-3-6-22)41-31(42-32(45)24(15-16-35(37,38)39)26(30(40)44)17-20-9-10-20)33(46)43(29(25)27)19-51-34(47)23-13-11-21(12-14-23)18-52-53(48,49)50/h1-8,11-14,20,24,26,31H,9-10,15-19H2,(H2,40,44)(H,42,45)(H2,48,49,50)/t24-,26+,31-/m1/s1. The van der Waals surface area contributed by atoms with Crippen molar-refractivity contribution in [3.05, 3.63) is 101 Å². The van der Waals surface area contributed by atoms with Crippen LogP contribution in [0, 0.1) is 23.6 Å². The van der Waals surface area contributed by atoms with Crippen LogP contribution in [0.5, 0.6) is 0 Å². The van der Waals surface area contributed by atoms with Crippen molar-refractivity contribution >= 4 is 42.9 Å². The zero-order chi connectivity index (χ0) is 38.5. The maximum atomic E-state index is 15.8. The Bertz CT molecular complexity index is 1920. The summed E-state index contributed by atoms with van der Waals surface area (Å²) in [6.07, 6.45) is -7.25. The van der Waals surface area contributed by atoms with Crippen LogP contribution in [-0.4, -0.2) is 58.3 Å².